The molecule has 1 saturated heterocycles. The lowest BCUT2D eigenvalue weighted by atomic mass is 10.0. The van der Waals surface area contributed by atoms with Gasteiger partial charge in [-0.05, 0) is 12.8 Å². The molecule has 0 spiro atoms. The van der Waals surface area contributed by atoms with Crippen LogP contribution in [0.15, 0.2) is 15.4 Å². The van der Waals surface area contributed by atoms with Crippen molar-refractivity contribution in [2.75, 3.05) is 13.1 Å². The number of aromatic nitrogens is 1. The molecule has 5 heteroatoms. The molecule has 0 radical (unpaired) electrons. The second kappa shape index (κ2) is 4.77. The second-order valence-corrected chi connectivity index (χ2v) is 4.58. The van der Waals surface area contributed by atoms with E-state index < -0.39 is 0 Å². The molecule has 1 aromatic rings. The zero-order valence-corrected chi connectivity index (χ0v) is 10.3. The first-order valence-electron chi connectivity index (χ1n) is 6.16. The van der Waals surface area contributed by atoms with Gasteiger partial charge in [-0.1, -0.05) is 25.0 Å². The Morgan fingerprint density at radius 3 is 2.76 bits per heavy atom. The Kier molecular flexibility index (Phi) is 3.36. The van der Waals surface area contributed by atoms with E-state index in [0.717, 1.165) is 24.0 Å². The number of carbonyl (C=O) groups is 1. The van der Waals surface area contributed by atoms with Gasteiger partial charge in [-0.15, -0.1) is 0 Å². The van der Waals surface area contributed by atoms with Crippen LogP contribution in [0, 0.1) is 0 Å². The molecular weight excluding hydrogens is 220 g/mol. The highest BCUT2D eigenvalue weighted by Crippen LogP contribution is 2.19. The van der Waals surface area contributed by atoms with Crippen molar-refractivity contribution in [3.05, 3.63) is 22.2 Å². The van der Waals surface area contributed by atoms with Crippen LogP contribution < -0.4 is 5.56 Å². The van der Waals surface area contributed by atoms with Gasteiger partial charge in [-0.2, -0.15) is 0 Å². The molecule has 1 atom stereocenters. The van der Waals surface area contributed by atoms with Crippen LogP contribution in [0.25, 0.3) is 0 Å². The standard InChI is InChI=1S/C12H18N2O3/c1-3-5-9(2)10-8-11(15)14(17-10)12(16)13-6-4-7-13/h8-9H,3-7H2,1-2H3. The average molecular weight is 238 g/mol. The highest BCUT2D eigenvalue weighted by Gasteiger charge is 2.25. The van der Waals surface area contributed by atoms with Gasteiger partial charge in [0.15, 0.2) is 0 Å². The predicted molar refractivity (Wildman–Crippen MR) is 63.3 cm³/mol. The van der Waals surface area contributed by atoms with E-state index in [1.807, 2.05) is 6.92 Å². The van der Waals surface area contributed by atoms with Crippen molar-refractivity contribution >= 4 is 6.03 Å². The van der Waals surface area contributed by atoms with Crippen molar-refractivity contribution < 1.29 is 9.32 Å². The van der Waals surface area contributed by atoms with Crippen molar-refractivity contribution in [1.29, 1.82) is 0 Å². The molecule has 0 saturated carbocycles. The number of amides is 1. The molecule has 17 heavy (non-hydrogen) atoms. The Labute approximate surface area is 100.0 Å². The van der Waals surface area contributed by atoms with Crippen LogP contribution in [-0.4, -0.2) is 28.8 Å². The SMILES string of the molecule is CCCC(C)c1cc(=O)n(C(=O)N2CCC2)o1. The maximum atomic E-state index is 11.8. The van der Waals surface area contributed by atoms with Crippen LogP contribution >= 0.6 is 0 Å². The zero-order valence-electron chi connectivity index (χ0n) is 10.3. The molecule has 1 aromatic heterocycles. The fourth-order valence-electron chi connectivity index (χ4n) is 1.93. The molecule has 2 heterocycles. The summed E-state index contributed by atoms with van der Waals surface area (Å²) < 4.78 is 6.24. The van der Waals surface area contributed by atoms with Crippen LogP contribution in [0.1, 0.15) is 44.8 Å². The van der Waals surface area contributed by atoms with E-state index in [1.54, 1.807) is 4.90 Å². The lowest BCUT2D eigenvalue weighted by Gasteiger charge is -2.29. The summed E-state index contributed by atoms with van der Waals surface area (Å²) in [5, 5.41) is 0. The highest BCUT2D eigenvalue weighted by molar-refractivity contribution is 5.76. The van der Waals surface area contributed by atoms with Gasteiger partial charge >= 0.3 is 6.03 Å². The van der Waals surface area contributed by atoms with Crippen molar-refractivity contribution in [3.8, 4) is 0 Å². The maximum Gasteiger partial charge on any atom is 0.361 e. The molecular formula is C12H18N2O3. The summed E-state index contributed by atoms with van der Waals surface area (Å²) in [5.74, 6) is 0.781. The summed E-state index contributed by atoms with van der Waals surface area (Å²) in [6, 6.07) is 1.09. The zero-order chi connectivity index (χ0) is 12.4. The maximum absolute atomic E-state index is 11.8. The lowest BCUT2D eigenvalue weighted by Crippen LogP contribution is -2.46. The van der Waals surface area contributed by atoms with Crippen LogP contribution in [0.4, 0.5) is 4.79 Å². The fraction of sp³-hybridized carbons (Fsp3) is 0.667. The molecule has 5 nitrogen and oxygen atoms in total. The topological polar surface area (TPSA) is 55.5 Å². The smallest absolute Gasteiger partial charge is 0.361 e. The molecule has 0 aliphatic carbocycles. The van der Waals surface area contributed by atoms with E-state index in [4.69, 9.17) is 4.52 Å². The Bertz CT molecular complexity index is 457. The van der Waals surface area contributed by atoms with Gasteiger partial charge in [0.1, 0.15) is 5.76 Å². The molecule has 0 aromatic carbocycles. The average Bonchev–Trinajstić information content (AvgIpc) is 2.58. The number of likely N-dealkylation sites (tertiary alicyclic amines) is 1. The van der Waals surface area contributed by atoms with E-state index in [1.165, 1.54) is 6.07 Å². The van der Waals surface area contributed by atoms with E-state index >= 15 is 0 Å². The largest absolute Gasteiger partial charge is 0.371 e. The summed E-state index contributed by atoms with van der Waals surface area (Å²) in [6.45, 7) is 5.51. The molecule has 94 valence electrons. The van der Waals surface area contributed by atoms with Gasteiger partial charge in [-0.25, -0.2) is 4.79 Å². The molecule has 1 amide bonds. The number of carbonyl (C=O) groups excluding carboxylic acids is 1. The van der Waals surface area contributed by atoms with Gasteiger partial charge in [0.25, 0.3) is 5.56 Å². The Morgan fingerprint density at radius 1 is 1.53 bits per heavy atom. The van der Waals surface area contributed by atoms with Gasteiger partial charge in [0, 0.05) is 25.1 Å². The number of nitrogens with zero attached hydrogens (tertiary/aromatic N) is 2. The third-order valence-corrected chi connectivity index (χ3v) is 3.17. The Hall–Kier alpha value is -1.52. The van der Waals surface area contributed by atoms with Crippen LogP contribution in [0.5, 0.6) is 0 Å². The molecule has 0 N–H and O–H groups in total. The van der Waals surface area contributed by atoms with Crippen molar-refractivity contribution in [1.82, 2.24) is 9.64 Å². The minimum absolute atomic E-state index is 0.179. The highest BCUT2D eigenvalue weighted by atomic mass is 16.5. The van der Waals surface area contributed by atoms with Gasteiger partial charge in [0.05, 0.1) is 0 Å². The third kappa shape index (κ3) is 2.28. The van der Waals surface area contributed by atoms with E-state index in [2.05, 4.69) is 6.92 Å². The molecule has 1 fully saturated rings. The molecule has 0 bridgehead atoms. The molecule has 1 unspecified atom stereocenters. The normalized spacial score (nSPS) is 16.7. The van der Waals surface area contributed by atoms with Crippen LogP contribution in [-0.2, 0) is 0 Å². The third-order valence-electron chi connectivity index (χ3n) is 3.17. The Balaban J connectivity index is 2.18. The lowest BCUT2D eigenvalue weighted by molar-refractivity contribution is 0.137. The van der Waals surface area contributed by atoms with Crippen molar-refractivity contribution in [2.24, 2.45) is 0 Å². The van der Waals surface area contributed by atoms with E-state index in [0.29, 0.717) is 18.8 Å². The number of hydrogen-bond donors (Lipinski definition) is 0. The Morgan fingerprint density at radius 2 is 2.24 bits per heavy atom. The van der Waals surface area contributed by atoms with Crippen LogP contribution in [0.2, 0.25) is 0 Å². The minimum Gasteiger partial charge on any atom is -0.371 e. The van der Waals surface area contributed by atoms with Gasteiger partial charge < -0.3 is 9.42 Å². The van der Waals surface area contributed by atoms with Crippen molar-refractivity contribution in [3.63, 3.8) is 0 Å². The summed E-state index contributed by atoms with van der Waals surface area (Å²) >= 11 is 0. The first kappa shape index (κ1) is 12.0. The quantitative estimate of drug-likeness (QED) is 0.809. The first-order chi connectivity index (χ1) is 8.13. The van der Waals surface area contributed by atoms with E-state index in [-0.39, 0.29) is 17.5 Å². The minimum atomic E-state index is -0.361. The monoisotopic (exact) mass is 238 g/mol. The van der Waals surface area contributed by atoms with Gasteiger partial charge in [-0.3, -0.25) is 4.79 Å². The molecule has 1 aliphatic heterocycles. The number of hydrogen-bond acceptors (Lipinski definition) is 3. The predicted octanol–water partition coefficient (Wildman–Crippen LogP) is 2.02. The fourth-order valence-corrected chi connectivity index (χ4v) is 1.93. The number of rotatable bonds is 3. The molecule has 2 rings (SSSR count). The molecule has 1 aliphatic rings. The van der Waals surface area contributed by atoms with Crippen LogP contribution in [0.3, 0.4) is 0 Å². The summed E-state index contributed by atoms with van der Waals surface area (Å²) in [5.41, 5.74) is -0.361. The summed E-state index contributed by atoms with van der Waals surface area (Å²) in [6.07, 6.45) is 2.97. The van der Waals surface area contributed by atoms with Crippen molar-refractivity contribution in [2.45, 2.75) is 39.0 Å². The van der Waals surface area contributed by atoms with Gasteiger partial charge in [0.2, 0.25) is 0 Å². The first-order valence-corrected chi connectivity index (χ1v) is 6.16. The second-order valence-electron chi connectivity index (χ2n) is 4.58. The summed E-state index contributed by atoms with van der Waals surface area (Å²) in [7, 11) is 0. The van der Waals surface area contributed by atoms with E-state index in [9.17, 15) is 9.59 Å². The summed E-state index contributed by atoms with van der Waals surface area (Å²) in [4.78, 5) is 25.1.